The van der Waals surface area contributed by atoms with Crippen molar-refractivity contribution in [2.24, 2.45) is 0 Å². The third-order valence-electron chi connectivity index (χ3n) is 6.72. The lowest BCUT2D eigenvalue weighted by molar-refractivity contribution is -0.274. The number of hydrogen-bond acceptors (Lipinski definition) is 4. The molecule has 0 heterocycles. The number of carbonyl (C=O) groups excluding carboxylic acids is 1. The van der Waals surface area contributed by atoms with Crippen LogP contribution in [0, 0.1) is 11.3 Å². The van der Waals surface area contributed by atoms with Gasteiger partial charge in [0, 0.05) is 12.1 Å². The van der Waals surface area contributed by atoms with Gasteiger partial charge in [0.15, 0.2) is 0 Å². The first-order valence-electron chi connectivity index (χ1n) is 13.1. The third kappa shape index (κ3) is 7.98. The molecule has 1 unspecified atom stereocenters. The van der Waals surface area contributed by atoms with E-state index >= 15 is 0 Å². The maximum Gasteiger partial charge on any atom is 0.573 e. The fourth-order valence-corrected chi connectivity index (χ4v) is 4.62. The van der Waals surface area contributed by atoms with Gasteiger partial charge in [0.1, 0.15) is 5.75 Å². The molecule has 4 rings (SSSR count). The average Bonchev–Trinajstić information content (AvgIpc) is 2.96. The molecule has 0 radical (unpaired) electrons. The molecule has 9 heteroatoms. The monoisotopic (exact) mass is 572 g/mol. The highest BCUT2D eigenvalue weighted by Crippen LogP contribution is 2.34. The second-order valence-electron chi connectivity index (χ2n) is 9.76. The van der Waals surface area contributed by atoms with E-state index in [1.807, 2.05) is 55.5 Å². The molecule has 0 bridgehead atoms. The lowest BCUT2D eigenvalue weighted by atomic mass is 9.87. The van der Waals surface area contributed by atoms with Gasteiger partial charge in [0.2, 0.25) is 0 Å². The molecule has 1 atom stereocenters. The first-order chi connectivity index (χ1) is 20.0. The van der Waals surface area contributed by atoms with Gasteiger partial charge < -0.3 is 15.2 Å². The Morgan fingerprint density at radius 2 is 1.62 bits per heavy atom. The van der Waals surface area contributed by atoms with E-state index in [4.69, 9.17) is 5.11 Å². The SMILES string of the molecule is CC(Cc1cc(-c2ccc(OC(F)(F)F)cc2)ccc1-c1cccc(C#N)c1)c1ccc(C(=O)NCCC(=O)O)cc1. The number of nitrogens with zero attached hydrogens (tertiary/aromatic N) is 1. The number of amides is 1. The molecular formula is C33H27F3N2O4. The van der Waals surface area contributed by atoms with E-state index in [1.54, 1.807) is 30.3 Å². The van der Waals surface area contributed by atoms with Gasteiger partial charge >= 0.3 is 12.3 Å². The second kappa shape index (κ2) is 13.0. The standard InChI is InChI=1S/C33H27F3N2O4/c1-21(23-5-7-25(8-6-23)32(41)38-16-15-31(39)40)17-28-19-26(24-9-12-29(13-10-24)42-33(34,35)36)11-14-30(28)27-4-2-3-22(18-27)20-37/h2-14,18-19,21H,15-17H2,1H3,(H,38,41)(H,39,40). The molecule has 0 aliphatic rings. The number of carboxylic acids is 1. The van der Waals surface area contributed by atoms with Gasteiger partial charge in [-0.3, -0.25) is 9.59 Å². The van der Waals surface area contributed by atoms with Gasteiger partial charge in [-0.2, -0.15) is 5.26 Å². The van der Waals surface area contributed by atoms with Crippen LogP contribution in [0.25, 0.3) is 22.3 Å². The van der Waals surface area contributed by atoms with Crippen molar-refractivity contribution >= 4 is 11.9 Å². The number of nitriles is 1. The van der Waals surface area contributed by atoms with Crippen molar-refractivity contribution in [3.63, 3.8) is 0 Å². The topological polar surface area (TPSA) is 99.4 Å². The van der Waals surface area contributed by atoms with Gasteiger partial charge in [-0.25, -0.2) is 0 Å². The summed E-state index contributed by atoms with van der Waals surface area (Å²) in [7, 11) is 0. The van der Waals surface area contributed by atoms with E-state index in [-0.39, 0.29) is 30.5 Å². The minimum absolute atomic E-state index is 0.0184. The van der Waals surface area contributed by atoms with Gasteiger partial charge in [-0.05, 0) is 82.1 Å². The normalized spacial score (nSPS) is 11.8. The van der Waals surface area contributed by atoms with E-state index in [0.717, 1.165) is 27.8 Å². The van der Waals surface area contributed by atoms with Crippen molar-refractivity contribution in [2.75, 3.05) is 6.54 Å². The summed E-state index contributed by atoms with van der Waals surface area (Å²) in [6.07, 6.45) is -4.34. The molecular weight excluding hydrogens is 545 g/mol. The number of hydrogen-bond donors (Lipinski definition) is 2. The minimum Gasteiger partial charge on any atom is -0.481 e. The van der Waals surface area contributed by atoms with Crippen molar-refractivity contribution in [1.82, 2.24) is 5.32 Å². The smallest absolute Gasteiger partial charge is 0.481 e. The highest BCUT2D eigenvalue weighted by atomic mass is 19.4. The molecule has 2 N–H and O–H groups in total. The third-order valence-corrected chi connectivity index (χ3v) is 6.72. The van der Waals surface area contributed by atoms with Crippen molar-refractivity contribution in [3.05, 3.63) is 113 Å². The molecule has 0 aromatic heterocycles. The van der Waals surface area contributed by atoms with Crippen LogP contribution in [0.15, 0.2) is 91.0 Å². The summed E-state index contributed by atoms with van der Waals surface area (Å²) in [5, 5.41) is 20.7. The Labute approximate surface area is 241 Å². The Balaban J connectivity index is 1.61. The van der Waals surface area contributed by atoms with Crippen LogP contribution in [-0.4, -0.2) is 29.9 Å². The molecule has 4 aromatic rings. The number of ether oxygens (including phenoxy) is 1. The molecule has 0 aliphatic heterocycles. The molecule has 0 aliphatic carbocycles. The number of nitrogens with one attached hydrogen (secondary N) is 1. The maximum atomic E-state index is 12.6. The molecule has 4 aromatic carbocycles. The van der Waals surface area contributed by atoms with Crippen LogP contribution in [0.1, 0.15) is 46.3 Å². The van der Waals surface area contributed by atoms with Crippen LogP contribution in [0.3, 0.4) is 0 Å². The number of carbonyl (C=O) groups is 2. The second-order valence-corrected chi connectivity index (χ2v) is 9.76. The number of rotatable bonds is 10. The maximum absolute atomic E-state index is 12.6. The summed E-state index contributed by atoms with van der Waals surface area (Å²) >= 11 is 0. The first-order valence-corrected chi connectivity index (χ1v) is 13.1. The zero-order chi connectivity index (χ0) is 30.3. The van der Waals surface area contributed by atoms with Crippen molar-refractivity contribution in [1.29, 1.82) is 5.26 Å². The highest BCUT2D eigenvalue weighted by Gasteiger charge is 2.31. The fourth-order valence-electron chi connectivity index (χ4n) is 4.62. The predicted molar refractivity (Wildman–Crippen MR) is 152 cm³/mol. The summed E-state index contributed by atoms with van der Waals surface area (Å²) < 4.78 is 41.8. The molecule has 1 amide bonds. The summed E-state index contributed by atoms with van der Waals surface area (Å²) in [6.45, 7) is 2.09. The van der Waals surface area contributed by atoms with Crippen LogP contribution >= 0.6 is 0 Å². The Morgan fingerprint density at radius 3 is 2.26 bits per heavy atom. The fraction of sp³-hybridized carbons (Fsp3) is 0.182. The molecule has 0 spiro atoms. The molecule has 0 fully saturated rings. The van der Waals surface area contributed by atoms with Gasteiger partial charge in [-0.1, -0.05) is 61.5 Å². The number of carboxylic acid groups (broad SMARTS) is 1. The molecule has 42 heavy (non-hydrogen) atoms. The van der Waals surface area contributed by atoms with Gasteiger partial charge in [0.05, 0.1) is 18.1 Å². The van der Waals surface area contributed by atoms with E-state index < -0.39 is 12.3 Å². The molecule has 0 saturated carbocycles. The van der Waals surface area contributed by atoms with Crippen molar-refractivity contribution < 1.29 is 32.6 Å². The number of halogens is 3. The molecule has 214 valence electrons. The summed E-state index contributed by atoms with van der Waals surface area (Å²) in [6, 6.07) is 28.0. The van der Waals surface area contributed by atoms with E-state index in [2.05, 4.69) is 16.1 Å². The van der Waals surface area contributed by atoms with Crippen LogP contribution in [0.4, 0.5) is 13.2 Å². The van der Waals surface area contributed by atoms with Crippen molar-refractivity contribution in [2.45, 2.75) is 32.0 Å². The number of alkyl halides is 3. The van der Waals surface area contributed by atoms with E-state index in [9.17, 15) is 28.0 Å². The first kappa shape index (κ1) is 29.9. The quantitative estimate of drug-likeness (QED) is 0.207. The summed E-state index contributed by atoms with van der Waals surface area (Å²) in [4.78, 5) is 23.0. The van der Waals surface area contributed by atoms with Crippen LogP contribution < -0.4 is 10.1 Å². The van der Waals surface area contributed by atoms with Crippen LogP contribution in [0.5, 0.6) is 5.75 Å². The summed E-state index contributed by atoms with van der Waals surface area (Å²) in [5.74, 6) is -1.63. The molecule has 0 saturated heterocycles. The minimum atomic E-state index is -4.77. The average molecular weight is 573 g/mol. The summed E-state index contributed by atoms with van der Waals surface area (Å²) in [5.41, 5.74) is 6.21. The zero-order valence-electron chi connectivity index (χ0n) is 22.6. The zero-order valence-corrected chi connectivity index (χ0v) is 22.6. The van der Waals surface area contributed by atoms with Crippen molar-refractivity contribution in [3.8, 4) is 34.1 Å². The number of benzene rings is 4. The Kier molecular flexibility index (Phi) is 9.28. The predicted octanol–water partition coefficient (Wildman–Crippen LogP) is 7.34. The van der Waals surface area contributed by atoms with Crippen LogP contribution in [-0.2, 0) is 11.2 Å². The lowest BCUT2D eigenvalue weighted by Crippen LogP contribution is -2.25. The Bertz CT molecular complexity index is 1610. The number of aliphatic carboxylic acids is 1. The van der Waals surface area contributed by atoms with E-state index in [1.165, 1.54) is 12.1 Å². The van der Waals surface area contributed by atoms with Crippen LogP contribution in [0.2, 0.25) is 0 Å². The Hall–Kier alpha value is -5.10. The lowest BCUT2D eigenvalue weighted by Gasteiger charge is -2.18. The van der Waals surface area contributed by atoms with Gasteiger partial charge in [0.25, 0.3) is 5.91 Å². The Morgan fingerprint density at radius 1 is 0.929 bits per heavy atom. The van der Waals surface area contributed by atoms with Gasteiger partial charge in [-0.15, -0.1) is 13.2 Å². The largest absolute Gasteiger partial charge is 0.573 e. The highest BCUT2D eigenvalue weighted by molar-refractivity contribution is 5.94. The molecule has 6 nitrogen and oxygen atoms in total. The van der Waals surface area contributed by atoms with E-state index in [0.29, 0.717) is 23.1 Å².